The van der Waals surface area contributed by atoms with E-state index in [-0.39, 0.29) is 36.4 Å². The van der Waals surface area contributed by atoms with Gasteiger partial charge in [0.1, 0.15) is 48.4 Å². The number of ether oxygens (including phenoxy) is 4. The summed E-state index contributed by atoms with van der Waals surface area (Å²) in [5, 5.41) is 21.2. The van der Waals surface area contributed by atoms with Gasteiger partial charge in [-0.2, -0.15) is 10.4 Å². The maximum absolute atomic E-state index is 14.3. The second kappa shape index (κ2) is 18.5. The molecule has 5 atom stereocenters. The molecule has 2 aliphatic rings. The number of amides is 2. The lowest BCUT2D eigenvalue weighted by molar-refractivity contribution is -0.164. The Morgan fingerprint density at radius 3 is 2.34 bits per heavy atom. The van der Waals surface area contributed by atoms with Crippen molar-refractivity contribution in [3.63, 3.8) is 0 Å². The molecular weight excluding hydrogens is 737 g/mol. The van der Waals surface area contributed by atoms with Crippen LogP contribution in [0.25, 0.3) is 5.52 Å². The molecule has 2 N–H and O–H groups in total. The number of hydrogen-bond acceptors (Lipinski definition) is 12. The molecule has 16 heteroatoms. The predicted octanol–water partition coefficient (Wildman–Crippen LogP) is 6.95. The van der Waals surface area contributed by atoms with Crippen molar-refractivity contribution in [1.29, 1.82) is 5.26 Å². The van der Waals surface area contributed by atoms with Crippen LogP contribution >= 0.6 is 0 Å². The fraction of sp³-hybridized carbons (Fsp3) is 0.725. The second-order valence-electron chi connectivity index (χ2n) is 18.0. The van der Waals surface area contributed by atoms with Crippen molar-refractivity contribution in [2.24, 2.45) is 11.3 Å². The van der Waals surface area contributed by atoms with Gasteiger partial charge in [-0.05, 0) is 83.1 Å². The third kappa shape index (κ3) is 11.7. The summed E-state index contributed by atoms with van der Waals surface area (Å²) in [4.78, 5) is 57.6. The average molecular weight is 799 g/mol. The molecule has 2 aromatic rings. The molecule has 2 fully saturated rings. The number of carbonyl (C=O) groups excluding carboxylic acids is 4. The first-order valence-corrected chi connectivity index (χ1v) is 23.3. The summed E-state index contributed by atoms with van der Waals surface area (Å²) in [6.45, 7) is 17.9. The molecule has 0 unspecified atom stereocenters. The van der Waals surface area contributed by atoms with E-state index in [4.69, 9.17) is 23.4 Å². The smallest absolute Gasteiger partial charge is 0.408 e. The van der Waals surface area contributed by atoms with Gasteiger partial charge in [-0.3, -0.25) is 9.59 Å². The van der Waals surface area contributed by atoms with Gasteiger partial charge in [-0.25, -0.2) is 19.1 Å². The Labute approximate surface area is 332 Å². The van der Waals surface area contributed by atoms with E-state index in [0.29, 0.717) is 18.4 Å². The van der Waals surface area contributed by atoms with Crippen LogP contribution in [0, 0.1) is 22.7 Å². The first kappa shape index (κ1) is 44.6. The van der Waals surface area contributed by atoms with Gasteiger partial charge in [-0.1, -0.05) is 59.8 Å². The van der Waals surface area contributed by atoms with Crippen molar-refractivity contribution in [3.8, 4) is 6.07 Å². The molecule has 4 rings (SSSR count). The van der Waals surface area contributed by atoms with Crippen molar-refractivity contribution in [2.45, 2.75) is 168 Å². The minimum atomic E-state index is -2.59. The Morgan fingerprint density at radius 2 is 1.75 bits per heavy atom. The van der Waals surface area contributed by atoms with Crippen molar-refractivity contribution < 1.29 is 42.6 Å². The first-order chi connectivity index (χ1) is 26.2. The highest BCUT2D eigenvalue weighted by atomic mass is 28.4. The zero-order valence-electron chi connectivity index (χ0n) is 34.9. The zero-order valence-corrected chi connectivity index (χ0v) is 35.9. The second-order valence-corrected chi connectivity index (χ2v) is 22.5. The number of hydrogen-bond donors (Lipinski definition) is 2. The lowest BCUT2D eigenvalue weighted by Crippen LogP contribution is -2.55. The van der Waals surface area contributed by atoms with Gasteiger partial charge in [0.25, 0.3) is 0 Å². The average Bonchev–Trinajstić information content (AvgIpc) is 3.53. The van der Waals surface area contributed by atoms with Crippen molar-refractivity contribution in [1.82, 2.24) is 19.9 Å². The first-order valence-electron chi connectivity index (χ1n) is 19.9. The molecule has 15 nitrogen and oxygen atoms in total. The minimum Gasteiger partial charge on any atom is -0.463 e. The fourth-order valence-electron chi connectivity index (χ4n) is 7.09. The van der Waals surface area contributed by atoms with E-state index in [0.717, 1.165) is 44.9 Å². The highest BCUT2D eigenvalue weighted by Gasteiger charge is 2.62. The van der Waals surface area contributed by atoms with Gasteiger partial charge in [0, 0.05) is 12.8 Å². The van der Waals surface area contributed by atoms with E-state index in [2.05, 4.69) is 26.8 Å². The van der Waals surface area contributed by atoms with Crippen molar-refractivity contribution in [3.05, 3.63) is 24.2 Å². The Balaban J connectivity index is 1.77. The highest BCUT2D eigenvalue weighted by molar-refractivity contribution is 6.69. The lowest BCUT2D eigenvalue weighted by Gasteiger charge is -2.35. The molecule has 3 heterocycles. The van der Waals surface area contributed by atoms with Crippen LogP contribution in [0.5, 0.6) is 0 Å². The van der Waals surface area contributed by atoms with Crippen LogP contribution in [0.3, 0.4) is 0 Å². The molecule has 1 saturated heterocycles. The summed E-state index contributed by atoms with van der Waals surface area (Å²) >= 11 is 0. The van der Waals surface area contributed by atoms with Crippen LogP contribution in [0.2, 0.25) is 19.6 Å². The van der Waals surface area contributed by atoms with E-state index in [9.17, 15) is 24.4 Å². The number of nitrogens with zero attached hydrogens (tertiary/aromatic N) is 4. The van der Waals surface area contributed by atoms with Gasteiger partial charge in [0.2, 0.25) is 11.5 Å². The van der Waals surface area contributed by atoms with E-state index in [1.165, 1.54) is 10.8 Å². The Bertz CT molecular complexity index is 1730. The Morgan fingerprint density at radius 1 is 1.07 bits per heavy atom. The van der Waals surface area contributed by atoms with Crippen molar-refractivity contribution in [2.75, 3.05) is 11.9 Å². The topological polar surface area (TPSA) is 192 Å². The Kier molecular flexibility index (Phi) is 14.7. The molecule has 0 bridgehead atoms. The molecular formula is C40H62N6O9Si. The van der Waals surface area contributed by atoms with Crippen molar-refractivity contribution >= 4 is 43.6 Å². The van der Waals surface area contributed by atoms with Crippen LogP contribution in [0.1, 0.15) is 118 Å². The molecule has 1 aliphatic carbocycles. The summed E-state index contributed by atoms with van der Waals surface area (Å²) in [6, 6.07) is 4.44. The molecule has 0 aromatic carbocycles. The molecule has 1 aliphatic heterocycles. The zero-order chi connectivity index (χ0) is 41.5. The molecule has 0 spiro atoms. The molecule has 310 valence electrons. The quantitative estimate of drug-likeness (QED) is 0.0866. The SMILES string of the molecule is CCCCC(=O)Nc1ncnn2c([C@]3(C#N)O[C@H](COC(=O)CC4CCCCCC4)[C@@H](OC(=O)[C@@H](NC(=O)OC(C)(C)C)C(C)(C)C)[C@H]3O[Si](C)(C)C)ccc12. The number of fused-ring (bicyclic) bond motifs is 1. The molecule has 56 heavy (non-hydrogen) atoms. The van der Waals surface area contributed by atoms with E-state index in [1.807, 2.05) is 26.6 Å². The fourth-order valence-corrected chi connectivity index (χ4v) is 8.15. The van der Waals surface area contributed by atoms with Gasteiger partial charge in [0.15, 0.2) is 20.2 Å². The Hall–Kier alpha value is -4.07. The summed E-state index contributed by atoms with van der Waals surface area (Å²) < 4.78 is 32.5. The number of carbonyl (C=O) groups is 4. The predicted molar refractivity (Wildman–Crippen MR) is 211 cm³/mol. The van der Waals surface area contributed by atoms with Gasteiger partial charge >= 0.3 is 18.0 Å². The van der Waals surface area contributed by atoms with Gasteiger partial charge in [0.05, 0.1) is 5.69 Å². The highest BCUT2D eigenvalue weighted by Crippen LogP contribution is 2.45. The van der Waals surface area contributed by atoms with E-state index < -0.39 is 67.3 Å². The largest absolute Gasteiger partial charge is 0.463 e. The number of nitriles is 1. The maximum atomic E-state index is 14.3. The molecule has 2 amide bonds. The molecule has 2 aromatic heterocycles. The maximum Gasteiger partial charge on any atom is 0.408 e. The number of rotatable bonds is 14. The number of anilines is 1. The van der Waals surface area contributed by atoms with Crippen LogP contribution in [0.15, 0.2) is 18.5 Å². The number of esters is 2. The molecule has 0 radical (unpaired) electrons. The minimum absolute atomic E-state index is 0.208. The number of nitrogens with one attached hydrogen (secondary N) is 2. The normalized spacial score (nSPS) is 22.8. The lowest BCUT2D eigenvalue weighted by atomic mass is 9.86. The van der Waals surface area contributed by atoms with E-state index in [1.54, 1.807) is 53.7 Å². The molecule has 1 saturated carbocycles. The number of aromatic nitrogens is 3. The standard InChI is InChI=1S/C40H62N6O9Si/c1-11-12-19-30(47)44-35-27-20-21-29(46(27)43-25-42-35)40(24-41)34(55-56(8,9)10)32(28(53-40)23-51-31(48)22-26-17-15-13-14-16-18-26)52-36(49)33(38(2,3)4)45-37(50)54-39(5,6)7/h20-21,25-26,28,32-34H,11-19,22-23H2,1-10H3,(H,45,50)(H,42,43,44,47)/t28-,32-,33-,34-,40+/m1/s1. The van der Waals surface area contributed by atoms with Crippen LogP contribution in [-0.4, -0.2) is 83.4 Å². The number of unbranched alkanes of at least 4 members (excludes halogenated alkanes) is 1. The van der Waals surface area contributed by atoms with E-state index >= 15 is 0 Å². The van der Waals surface area contributed by atoms with Crippen LogP contribution in [0.4, 0.5) is 10.6 Å². The summed E-state index contributed by atoms with van der Waals surface area (Å²) in [7, 11) is -2.59. The van der Waals surface area contributed by atoms with Crippen LogP contribution < -0.4 is 10.6 Å². The third-order valence-corrected chi connectivity index (χ3v) is 10.7. The number of alkyl carbamates (subject to hydrolysis) is 1. The summed E-state index contributed by atoms with van der Waals surface area (Å²) in [5.41, 5.74) is -2.99. The third-order valence-electron chi connectivity index (χ3n) is 9.75. The van der Waals surface area contributed by atoms with Crippen LogP contribution in [-0.2, 0) is 43.4 Å². The monoisotopic (exact) mass is 798 g/mol. The van der Waals surface area contributed by atoms with Gasteiger partial charge in [-0.15, -0.1) is 0 Å². The summed E-state index contributed by atoms with van der Waals surface area (Å²) in [6.07, 6.45) is 5.18. The summed E-state index contributed by atoms with van der Waals surface area (Å²) in [5.74, 6) is -0.989. The van der Waals surface area contributed by atoms with Gasteiger partial charge < -0.3 is 34.0 Å².